The second-order valence-corrected chi connectivity index (χ2v) is 5.33. The molecule has 0 bridgehead atoms. The third-order valence-electron chi connectivity index (χ3n) is 3.32. The minimum Gasteiger partial charge on any atom is -0.494 e. The Balaban J connectivity index is 1.96. The number of hydrogen-bond donors (Lipinski definition) is 0. The van der Waals surface area contributed by atoms with Gasteiger partial charge in [0.15, 0.2) is 0 Å². The van der Waals surface area contributed by atoms with Crippen LogP contribution in [-0.4, -0.2) is 25.2 Å². The standard InChI is InChI=1S/C19H25NO2/c1-4-21-18-10-6-8-16(12-18)14-20(3)15-17-9-7-11-19(13-17)22-5-2/h6-13H,4-5,14-15H2,1-3H3. The van der Waals surface area contributed by atoms with Gasteiger partial charge < -0.3 is 9.47 Å². The van der Waals surface area contributed by atoms with Gasteiger partial charge in [0.05, 0.1) is 13.2 Å². The molecule has 0 aliphatic heterocycles. The van der Waals surface area contributed by atoms with Crippen molar-refractivity contribution in [1.29, 1.82) is 0 Å². The molecule has 0 atom stereocenters. The van der Waals surface area contributed by atoms with Crippen LogP contribution in [0.2, 0.25) is 0 Å². The molecule has 0 spiro atoms. The Bertz CT molecular complexity index is 532. The van der Waals surface area contributed by atoms with E-state index >= 15 is 0 Å². The first kappa shape index (κ1) is 16.4. The van der Waals surface area contributed by atoms with E-state index in [-0.39, 0.29) is 0 Å². The second-order valence-electron chi connectivity index (χ2n) is 5.33. The highest BCUT2D eigenvalue weighted by atomic mass is 16.5. The Morgan fingerprint density at radius 3 is 1.64 bits per heavy atom. The lowest BCUT2D eigenvalue weighted by Gasteiger charge is -2.18. The topological polar surface area (TPSA) is 21.7 Å². The molecule has 0 amide bonds. The van der Waals surface area contributed by atoms with Gasteiger partial charge in [-0.25, -0.2) is 0 Å². The number of nitrogens with zero attached hydrogens (tertiary/aromatic N) is 1. The summed E-state index contributed by atoms with van der Waals surface area (Å²) in [5, 5.41) is 0. The molecule has 0 fully saturated rings. The fraction of sp³-hybridized carbons (Fsp3) is 0.368. The van der Waals surface area contributed by atoms with E-state index in [2.05, 4.69) is 36.2 Å². The summed E-state index contributed by atoms with van der Waals surface area (Å²) in [6.45, 7) is 7.18. The number of rotatable bonds is 8. The van der Waals surface area contributed by atoms with Crippen LogP contribution in [0.5, 0.6) is 11.5 Å². The van der Waals surface area contributed by atoms with Crippen molar-refractivity contribution in [3.8, 4) is 11.5 Å². The van der Waals surface area contributed by atoms with Crippen LogP contribution in [0.15, 0.2) is 48.5 Å². The van der Waals surface area contributed by atoms with Crippen molar-refractivity contribution in [3.05, 3.63) is 59.7 Å². The zero-order valence-electron chi connectivity index (χ0n) is 13.7. The van der Waals surface area contributed by atoms with Crippen LogP contribution in [0.3, 0.4) is 0 Å². The molecule has 0 heterocycles. The van der Waals surface area contributed by atoms with Crippen LogP contribution < -0.4 is 9.47 Å². The molecule has 0 unspecified atom stereocenters. The minimum absolute atomic E-state index is 0.698. The molecule has 0 N–H and O–H groups in total. The van der Waals surface area contributed by atoms with E-state index in [0.29, 0.717) is 13.2 Å². The third kappa shape index (κ3) is 5.08. The molecule has 118 valence electrons. The van der Waals surface area contributed by atoms with Gasteiger partial charge in [-0.1, -0.05) is 24.3 Å². The molecule has 2 rings (SSSR count). The lowest BCUT2D eigenvalue weighted by molar-refractivity contribution is 0.313. The average molecular weight is 299 g/mol. The van der Waals surface area contributed by atoms with Crippen LogP contribution in [0.25, 0.3) is 0 Å². The van der Waals surface area contributed by atoms with Gasteiger partial charge >= 0.3 is 0 Å². The van der Waals surface area contributed by atoms with Crippen LogP contribution in [-0.2, 0) is 13.1 Å². The van der Waals surface area contributed by atoms with Crippen molar-refractivity contribution in [1.82, 2.24) is 4.90 Å². The van der Waals surface area contributed by atoms with E-state index < -0.39 is 0 Å². The van der Waals surface area contributed by atoms with E-state index in [4.69, 9.17) is 9.47 Å². The smallest absolute Gasteiger partial charge is 0.119 e. The predicted octanol–water partition coefficient (Wildman–Crippen LogP) is 4.12. The SMILES string of the molecule is CCOc1cccc(CN(C)Cc2cccc(OCC)c2)c1. The summed E-state index contributed by atoms with van der Waals surface area (Å²) >= 11 is 0. The Morgan fingerprint density at radius 1 is 0.773 bits per heavy atom. The van der Waals surface area contributed by atoms with Crippen molar-refractivity contribution in [2.75, 3.05) is 20.3 Å². The van der Waals surface area contributed by atoms with Gasteiger partial charge in [0.2, 0.25) is 0 Å². The van der Waals surface area contributed by atoms with Crippen LogP contribution in [0.1, 0.15) is 25.0 Å². The minimum atomic E-state index is 0.698. The van der Waals surface area contributed by atoms with Crippen molar-refractivity contribution >= 4 is 0 Å². The molecule has 0 saturated heterocycles. The van der Waals surface area contributed by atoms with E-state index in [1.165, 1.54) is 11.1 Å². The Hall–Kier alpha value is -2.00. The quantitative estimate of drug-likeness (QED) is 0.732. The van der Waals surface area contributed by atoms with Crippen LogP contribution in [0.4, 0.5) is 0 Å². The van der Waals surface area contributed by atoms with Crippen LogP contribution >= 0.6 is 0 Å². The molecule has 0 aliphatic rings. The van der Waals surface area contributed by atoms with Crippen molar-refractivity contribution in [2.24, 2.45) is 0 Å². The zero-order chi connectivity index (χ0) is 15.8. The van der Waals surface area contributed by atoms with Crippen molar-refractivity contribution in [2.45, 2.75) is 26.9 Å². The Kier molecular flexibility index (Phi) is 6.28. The normalized spacial score (nSPS) is 10.7. The summed E-state index contributed by atoms with van der Waals surface area (Å²) in [4.78, 5) is 2.29. The molecule has 0 aromatic heterocycles. The highest BCUT2D eigenvalue weighted by molar-refractivity contribution is 5.30. The summed E-state index contributed by atoms with van der Waals surface area (Å²) in [6.07, 6.45) is 0. The first-order valence-electron chi connectivity index (χ1n) is 7.83. The summed E-state index contributed by atoms with van der Waals surface area (Å²) < 4.78 is 11.1. The largest absolute Gasteiger partial charge is 0.494 e. The highest BCUT2D eigenvalue weighted by Gasteiger charge is 2.04. The molecular weight excluding hydrogens is 274 g/mol. The lowest BCUT2D eigenvalue weighted by Crippen LogP contribution is -2.17. The first-order chi connectivity index (χ1) is 10.7. The van der Waals surface area contributed by atoms with E-state index in [9.17, 15) is 0 Å². The third-order valence-corrected chi connectivity index (χ3v) is 3.32. The number of benzene rings is 2. The maximum absolute atomic E-state index is 5.55. The van der Waals surface area contributed by atoms with Gasteiger partial charge in [-0.2, -0.15) is 0 Å². The molecule has 3 heteroatoms. The van der Waals surface area contributed by atoms with Crippen LogP contribution in [0, 0.1) is 0 Å². The Labute approximate surface area is 133 Å². The fourth-order valence-corrected chi connectivity index (χ4v) is 2.48. The first-order valence-corrected chi connectivity index (χ1v) is 7.83. The maximum atomic E-state index is 5.55. The van der Waals surface area contributed by atoms with E-state index in [0.717, 1.165) is 24.6 Å². The molecule has 0 radical (unpaired) electrons. The number of hydrogen-bond acceptors (Lipinski definition) is 3. The molecular formula is C19H25NO2. The Morgan fingerprint density at radius 2 is 1.23 bits per heavy atom. The molecule has 22 heavy (non-hydrogen) atoms. The molecule has 0 saturated carbocycles. The molecule has 0 aliphatic carbocycles. The maximum Gasteiger partial charge on any atom is 0.119 e. The van der Waals surface area contributed by atoms with Crippen molar-refractivity contribution < 1.29 is 9.47 Å². The summed E-state index contributed by atoms with van der Waals surface area (Å²) in [6, 6.07) is 16.6. The monoisotopic (exact) mass is 299 g/mol. The second kappa shape index (κ2) is 8.44. The molecule has 3 nitrogen and oxygen atoms in total. The van der Waals surface area contributed by atoms with Gasteiger partial charge in [0.25, 0.3) is 0 Å². The number of ether oxygens (including phenoxy) is 2. The van der Waals surface area contributed by atoms with Gasteiger partial charge in [-0.15, -0.1) is 0 Å². The summed E-state index contributed by atoms with van der Waals surface area (Å²) in [5.74, 6) is 1.87. The lowest BCUT2D eigenvalue weighted by atomic mass is 10.1. The summed E-state index contributed by atoms with van der Waals surface area (Å²) in [5.41, 5.74) is 2.52. The fourth-order valence-electron chi connectivity index (χ4n) is 2.48. The van der Waals surface area contributed by atoms with Gasteiger partial charge in [-0.3, -0.25) is 4.90 Å². The zero-order valence-corrected chi connectivity index (χ0v) is 13.7. The van der Waals surface area contributed by atoms with Gasteiger partial charge in [0.1, 0.15) is 11.5 Å². The summed E-state index contributed by atoms with van der Waals surface area (Å²) in [7, 11) is 2.13. The van der Waals surface area contributed by atoms with E-state index in [1.54, 1.807) is 0 Å². The van der Waals surface area contributed by atoms with E-state index in [1.807, 2.05) is 38.1 Å². The average Bonchev–Trinajstić information content (AvgIpc) is 2.48. The molecule has 2 aromatic rings. The highest BCUT2D eigenvalue weighted by Crippen LogP contribution is 2.17. The van der Waals surface area contributed by atoms with Gasteiger partial charge in [-0.05, 0) is 56.3 Å². The predicted molar refractivity (Wildman–Crippen MR) is 90.4 cm³/mol. The molecule has 2 aromatic carbocycles. The van der Waals surface area contributed by atoms with Crippen molar-refractivity contribution in [3.63, 3.8) is 0 Å². The van der Waals surface area contributed by atoms with Gasteiger partial charge in [0, 0.05) is 13.1 Å².